The fraction of sp³-hybridized carbons (Fsp3) is 0.545. The Kier molecular flexibility index (Phi) is 16.5. The number of hydrogen-bond donors (Lipinski definition) is 1. The summed E-state index contributed by atoms with van der Waals surface area (Å²) in [6.07, 6.45) is 16.4. The maximum atomic E-state index is 11.6. The van der Waals surface area contributed by atoms with Gasteiger partial charge in [-0.15, -0.1) is 18.0 Å². The highest BCUT2D eigenvalue weighted by Crippen LogP contribution is 2.16. The molecule has 0 fully saturated rings. The monoisotopic (exact) mass is 410 g/mol. The van der Waals surface area contributed by atoms with Crippen LogP contribution in [0.4, 0.5) is 0 Å². The van der Waals surface area contributed by atoms with Crippen molar-refractivity contribution < 1.29 is 33.9 Å². The number of allylic oxidation sites excluding steroid dienone is 4. The zero-order valence-corrected chi connectivity index (χ0v) is 17.3. The molecule has 0 atom stereocenters. The second kappa shape index (κ2) is 17.8. The Morgan fingerprint density at radius 2 is 1.38 bits per heavy atom. The molecule has 0 bridgehead atoms. The van der Waals surface area contributed by atoms with Crippen molar-refractivity contribution in [2.75, 3.05) is 13.2 Å². The van der Waals surface area contributed by atoms with Gasteiger partial charge in [-0.1, -0.05) is 36.5 Å². The lowest BCUT2D eigenvalue weighted by Gasteiger charge is -2.26. The molecule has 0 aliphatic heterocycles. The maximum Gasteiger partial charge on any atom is 0.343 e. The van der Waals surface area contributed by atoms with Gasteiger partial charge in [0.15, 0.2) is 0 Å². The predicted molar refractivity (Wildman–Crippen MR) is 111 cm³/mol. The van der Waals surface area contributed by atoms with Gasteiger partial charge < -0.3 is 14.6 Å². The molecule has 0 saturated carbocycles. The van der Waals surface area contributed by atoms with Crippen molar-refractivity contribution in [2.45, 2.75) is 64.3 Å². The fourth-order valence-corrected chi connectivity index (χ4v) is 1.99. The van der Waals surface area contributed by atoms with Gasteiger partial charge in [0.25, 0.3) is 0 Å². The van der Waals surface area contributed by atoms with Crippen molar-refractivity contribution in [1.29, 1.82) is 0 Å². The van der Waals surface area contributed by atoms with Gasteiger partial charge in [0.05, 0.1) is 26.1 Å². The average Bonchev–Trinajstić information content (AvgIpc) is 2.69. The van der Waals surface area contributed by atoms with Gasteiger partial charge in [-0.05, 0) is 38.5 Å². The quantitative estimate of drug-likeness (QED) is 0.107. The summed E-state index contributed by atoms with van der Waals surface area (Å²) in [5, 5.41) is 8.61. The number of carboxylic acid groups (broad SMARTS) is 1. The minimum Gasteiger partial charge on any atom is -0.481 e. The zero-order valence-electron chi connectivity index (χ0n) is 17.3. The summed E-state index contributed by atoms with van der Waals surface area (Å²) in [5.41, 5.74) is 0. The molecule has 0 rings (SSSR count). The van der Waals surface area contributed by atoms with Gasteiger partial charge in [0.1, 0.15) is 0 Å². The molecule has 0 amide bonds. The SMILES string of the molecule is C=CCCCC=CCOC(C)(OCC=CCCCC=C)OOC(=O)CCC(=O)O. The topological polar surface area (TPSA) is 91.3 Å². The molecule has 164 valence electrons. The molecule has 7 nitrogen and oxygen atoms in total. The van der Waals surface area contributed by atoms with Crippen LogP contribution in [0.25, 0.3) is 0 Å². The van der Waals surface area contributed by atoms with E-state index in [1.807, 2.05) is 36.5 Å². The van der Waals surface area contributed by atoms with E-state index >= 15 is 0 Å². The van der Waals surface area contributed by atoms with E-state index in [1.165, 1.54) is 6.92 Å². The molecule has 0 aromatic heterocycles. The number of carboxylic acids is 1. The van der Waals surface area contributed by atoms with Crippen LogP contribution in [0.5, 0.6) is 0 Å². The zero-order chi connectivity index (χ0) is 21.8. The first-order chi connectivity index (χ1) is 13.9. The molecule has 0 aromatic rings. The standard InChI is InChI=1S/C22H34O7/c1-4-6-8-10-12-14-18-26-22(3,27-19-15-13-11-9-7-5-2)29-28-21(25)17-16-20(23)24/h4-5,12-15H,1-2,6-11,16-19H2,3H3,(H,23,24). The summed E-state index contributed by atoms with van der Waals surface area (Å²) in [6.45, 7) is 9.22. The third-order valence-electron chi connectivity index (χ3n) is 3.60. The summed E-state index contributed by atoms with van der Waals surface area (Å²) in [7, 11) is 0. The first-order valence-electron chi connectivity index (χ1n) is 9.83. The predicted octanol–water partition coefficient (Wildman–Crippen LogP) is 4.86. The van der Waals surface area contributed by atoms with Gasteiger partial charge in [0.2, 0.25) is 0 Å². The molecule has 0 heterocycles. The lowest BCUT2D eigenvalue weighted by Crippen LogP contribution is -2.37. The van der Waals surface area contributed by atoms with Gasteiger partial charge in [-0.25, -0.2) is 4.79 Å². The van der Waals surface area contributed by atoms with Crippen LogP contribution in [0.3, 0.4) is 0 Å². The second-order valence-corrected chi connectivity index (χ2v) is 6.30. The van der Waals surface area contributed by atoms with E-state index in [0.29, 0.717) is 0 Å². The molecule has 0 saturated heterocycles. The van der Waals surface area contributed by atoms with Gasteiger partial charge >= 0.3 is 17.9 Å². The fourth-order valence-electron chi connectivity index (χ4n) is 1.99. The molecule has 1 N–H and O–H groups in total. The minimum absolute atomic E-state index is 0.195. The summed E-state index contributed by atoms with van der Waals surface area (Å²) >= 11 is 0. The average molecular weight is 411 g/mol. The molecule has 0 aliphatic carbocycles. The second-order valence-electron chi connectivity index (χ2n) is 6.30. The third kappa shape index (κ3) is 17.6. The van der Waals surface area contributed by atoms with E-state index in [-0.39, 0.29) is 26.1 Å². The molecule has 0 aliphatic rings. The van der Waals surface area contributed by atoms with Crippen LogP contribution in [0, 0.1) is 0 Å². The Hall–Kier alpha value is -2.22. The summed E-state index contributed by atoms with van der Waals surface area (Å²) in [4.78, 5) is 31.8. The Bertz CT molecular complexity index is 509. The van der Waals surface area contributed by atoms with Crippen molar-refractivity contribution in [3.63, 3.8) is 0 Å². The highest BCUT2D eigenvalue weighted by molar-refractivity contribution is 5.76. The summed E-state index contributed by atoms with van der Waals surface area (Å²) in [5.74, 6) is -3.53. The summed E-state index contributed by atoms with van der Waals surface area (Å²) in [6, 6.07) is 0. The third-order valence-corrected chi connectivity index (χ3v) is 3.60. The Morgan fingerprint density at radius 1 is 0.862 bits per heavy atom. The number of carbonyl (C=O) groups is 2. The lowest BCUT2D eigenvalue weighted by molar-refractivity contribution is -0.477. The van der Waals surface area contributed by atoms with Gasteiger partial charge in [0, 0.05) is 6.92 Å². The van der Waals surface area contributed by atoms with E-state index in [4.69, 9.17) is 19.5 Å². The Labute approximate surface area is 173 Å². The first kappa shape index (κ1) is 26.8. The Balaban J connectivity index is 4.50. The Morgan fingerprint density at radius 3 is 1.83 bits per heavy atom. The van der Waals surface area contributed by atoms with Gasteiger partial charge in [-0.2, -0.15) is 0 Å². The van der Waals surface area contributed by atoms with Crippen molar-refractivity contribution in [3.8, 4) is 0 Å². The van der Waals surface area contributed by atoms with Crippen LogP contribution in [-0.2, 0) is 28.8 Å². The first-order valence-corrected chi connectivity index (χ1v) is 9.83. The lowest BCUT2D eigenvalue weighted by atomic mass is 10.2. The minimum atomic E-state index is -1.62. The number of ether oxygens (including phenoxy) is 2. The van der Waals surface area contributed by atoms with Crippen LogP contribution < -0.4 is 0 Å². The molecule has 0 unspecified atom stereocenters. The highest BCUT2D eigenvalue weighted by Gasteiger charge is 2.30. The van der Waals surface area contributed by atoms with E-state index in [1.54, 1.807) is 0 Å². The molecule has 7 heteroatoms. The van der Waals surface area contributed by atoms with E-state index in [9.17, 15) is 9.59 Å². The largest absolute Gasteiger partial charge is 0.481 e. The van der Waals surface area contributed by atoms with Crippen molar-refractivity contribution >= 4 is 11.9 Å². The van der Waals surface area contributed by atoms with Crippen LogP contribution in [0.2, 0.25) is 0 Å². The molecular weight excluding hydrogens is 376 g/mol. The molecule has 0 spiro atoms. The van der Waals surface area contributed by atoms with Crippen LogP contribution in [0.1, 0.15) is 58.3 Å². The maximum absolute atomic E-state index is 11.6. The van der Waals surface area contributed by atoms with Crippen LogP contribution >= 0.6 is 0 Å². The number of hydrogen-bond acceptors (Lipinski definition) is 6. The molecule has 29 heavy (non-hydrogen) atoms. The normalized spacial score (nSPS) is 13.4. The van der Waals surface area contributed by atoms with E-state index in [2.05, 4.69) is 18.0 Å². The molecule has 0 radical (unpaired) electrons. The number of carbonyl (C=O) groups excluding carboxylic acids is 1. The van der Waals surface area contributed by atoms with Gasteiger partial charge in [-0.3, -0.25) is 9.68 Å². The van der Waals surface area contributed by atoms with E-state index in [0.717, 1.165) is 38.5 Å². The highest BCUT2D eigenvalue weighted by atomic mass is 17.3. The number of unbranched alkanes of at least 4 members (excludes halogenated alkanes) is 4. The molecular formula is C22H34O7. The number of rotatable bonds is 19. The van der Waals surface area contributed by atoms with Crippen molar-refractivity contribution in [2.24, 2.45) is 0 Å². The van der Waals surface area contributed by atoms with Crippen molar-refractivity contribution in [3.05, 3.63) is 49.6 Å². The van der Waals surface area contributed by atoms with Crippen LogP contribution in [-0.4, -0.2) is 36.2 Å². The summed E-state index contributed by atoms with van der Waals surface area (Å²) < 4.78 is 11.1. The van der Waals surface area contributed by atoms with Crippen molar-refractivity contribution in [1.82, 2.24) is 0 Å². The smallest absolute Gasteiger partial charge is 0.343 e. The van der Waals surface area contributed by atoms with E-state index < -0.39 is 17.9 Å². The van der Waals surface area contributed by atoms with Crippen LogP contribution in [0.15, 0.2) is 49.6 Å². The molecule has 0 aromatic carbocycles. The number of aliphatic carboxylic acids is 1.